The SMILES string of the molecule is CC(C)(C)C(N)=CC(N)=Nc1ccc(F)c(OCCOC2CCCCO2)c1. The average molecular weight is 379 g/mol. The van der Waals surface area contributed by atoms with E-state index in [0.717, 1.165) is 25.9 Å². The Morgan fingerprint density at radius 1 is 1.30 bits per heavy atom. The van der Waals surface area contributed by atoms with E-state index in [0.29, 0.717) is 18.0 Å². The van der Waals surface area contributed by atoms with Gasteiger partial charge in [0.1, 0.15) is 12.4 Å². The molecule has 1 aromatic carbocycles. The van der Waals surface area contributed by atoms with E-state index in [2.05, 4.69) is 4.99 Å². The number of allylic oxidation sites excluding steroid dienone is 1. The second kappa shape index (κ2) is 9.71. The van der Waals surface area contributed by atoms with Gasteiger partial charge in [-0.1, -0.05) is 20.8 Å². The minimum atomic E-state index is -0.466. The quantitative estimate of drug-likeness (QED) is 0.429. The molecule has 1 aliphatic heterocycles. The predicted molar refractivity (Wildman–Crippen MR) is 104 cm³/mol. The van der Waals surface area contributed by atoms with Gasteiger partial charge in [-0.2, -0.15) is 0 Å². The molecule has 0 aromatic heterocycles. The van der Waals surface area contributed by atoms with Crippen LogP contribution in [0.2, 0.25) is 0 Å². The van der Waals surface area contributed by atoms with Gasteiger partial charge in [-0.15, -0.1) is 0 Å². The lowest BCUT2D eigenvalue weighted by atomic mass is 9.92. The molecule has 0 saturated carbocycles. The van der Waals surface area contributed by atoms with Crippen LogP contribution in [0.4, 0.5) is 10.1 Å². The van der Waals surface area contributed by atoms with Gasteiger partial charge >= 0.3 is 0 Å². The van der Waals surface area contributed by atoms with E-state index in [1.54, 1.807) is 6.08 Å². The maximum Gasteiger partial charge on any atom is 0.165 e. The van der Waals surface area contributed by atoms with E-state index >= 15 is 0 Å². The number of aliphatic imine (C=N–C) groups is 1. The third-order valence-corrected chi connectivity index (χ3v) is 4.12. The van der Waals surface area contributed by atoms with Crippen molar-refractivity contribution >= 4 is 11.5 Å². The fourth-order valence-electron chi connectivity index (χ4n) is 2.40. The van der Waals surface area contributed by atoms with Crippen molar-refractivity contribution < 1.29 is 18.6 Å². The van der Waals surface area contributed by atoms with E-state index in [-0.39, 0.29) is 29.9 Å². The highest BCUT2D eigenvalue weighted by atomic mass is 19.1. The third-order valence-electron chi connectivity index (χ3n) is 4.12. The molecule has 0 amide bonds. The smallest absolute Gasteiger partial charge is 0.165 e. The van der Waals surface area contributed by atoms with Crippen LogP contribution in [0.3, 0.4) is 0 Å². The van der Waals surface area contributed by atoms with Crippen molar-refractivity contribution in [2.75, 3.05) is 19.8 Å². The summed E-state index contributed by atoms with van der Waals surface area (Å²) in [6.07, 6.45) is 4.46. The fraction of sp³-hybridized carbons (Fsp3) is 0.550. The van der Waals surface area contributed by atoms with Gasteiger partial charge in [0.05, 0.1) is 12.3 Å². The van der Waals surface area contributed by atoms with Crippen LogP contribution in [0.1, 0.15) is 40.0 Å². The molecule has 1 heterocycles. The number of hydrogen-bond donors (Lipinski definition) is 2. The molecule has 150 valence electrons. The van der Waals surface area contributed by atoms with Gasteiger partial charge in [0.15, 0.2) is 17.9 Å². The van der Waals surface area contributed by atoms with E-state index in [1.807, 2.05) is 20.8 Å². The molecule has 1 fully saturated rings. The first-order valence-electron chi connectivity index (χ1n) is 9.23. The number of ether oxygens (including phenoxy) is 3. The number of rotatable bonds is 7. The van der Waals surface area contributed by atoms with Crippen LogP contribution in [0.15, 0.2) is 35.0 Å². The highest BCUT2D eigenvalue weighted by Gasteiger charge is 2.15. The summed E-state index contributed by atoms with van der Waals surface area (Å²) in [6, 6.07) is 4.33. The molecule has 4 N–H and O–H groups in total. The van der Waals surface area contributed by atoms with E-state index in [4.69, 9.17) is 25.7 Å². The minimum absolute atomic E-state index is 0.102. The van der Waals surface area contributed by atoms with Crippen molar-refractivity contribution in [3.05, 3.63) is 35.8 Å². The van der Waals surface area contributed by atoms with Crippen LogP contribution in [0, 0.1) is 11.2 Å². The standard InChI is InChI=1S/C20H30FN3O3/c1-20(2,3)17(22)13-18(23)24-14-7-8-15(21)16(12-14)25-10-11-27-19-6-4-5-9-26-19/h7-8,12-13,19H,4-6,9-11,22H2,1-3H3,(H2,23,24). The highest BCUT2D eigenvalue weighted by Crippen LogP contribution is 2.25. The maximum atomic E-state index is 14.0. The molecule has 1 saturated heterocycles. The fourth-order valence-corrected chi connectivity index (χ4v) is 2.40. The molecule has 1 aromatic rings. The van der Waals surface area contributed by atoms with Crippen LogP contribution in [0.25, 0.3) is 0 Å². The summed E-state index contributed by atoms with van der Waals surface area (Å²) in [4.78, 5) is 4.26. The second-order valence-electron chi connectivity index (χ2n) is 7.52. The molecular weight excluding hydrogens is 349 g/mol. The predicted octanol–water partition coefficient (Wildman–Crippen LogP) is 3.63. The van der Waals surface area contributed by atoms with Gasteiger partial charge in [0, 0.05) is 23.8 Å². The summed E-state index contributed by atoms with van der Waals surface area (Å²) >= 11 is 0. The first-order chi connectivity index (χ1) is 12.8. The summed E-state index contributed by atoms with van der Waals surface area (Å²) in [6.45, 7) is 7.21. The molecule has 2 rings (SSSR count). The lowest BCUT2D eigenvalue weighted by Crippen LogP contribution is -2.24. The summed E-state index contributed by atoms with van der Waals surface area (Å²) in [7, 11) is 0. The van der Waals surface area contributed by atoms with Gasteiger partial charge in [0.2, 0.25) is 0 Å². The largest absolute Gasteiger partial charge is 0.488 e. The Morgan fingerprint density at radius 2 is 2.07 bits per heavy atom. The third kappa shape index (κ3) is 7.19. The summed E-state index contributed by atoms with van der Waals surface area (Å²) in [5.74, 6) is -0.117. The van der Waals surface area contributed by atoms with Crippen molar-refractivity contribution in [3.8, 4) is 5.75 Å². The average Bonchev–Trinajstić information content (AvgIpc) is 2.61. The number of amidine groups is 1. The van der Waals surface area contributed by atoms with Crippen molar-refractivity contribution in [2.24, 2.45) is 21.9 Å². The molecule has 0 aliphatic carbocycles. The van der Waals surface area contributed by atoms with E-state index < -0.39 is 5.82 Å². The monoisotopic (exact) mass is 379 g/mol. The zero-order valence-electron chi connectivity index (χ0n) is 16.3. The van der Waals surface area contributed by atoms with Gasteiger partial charge < -0.3 is 25.7 Å². The first kappa shape index (κ1) is 21.2. The molecule has 7 heteroatoms. The Balaban J connectivity index is 1.93. The van der Waals surface area contributed by atoms with Crippen LogP contribution < -0.4 is 16.2 Å². The second-order valence-corrected chi connectivity index (χ2v) is 7.52. The van der Waals surface area contributed by atoms with Gasteiger partial charge in [-0.3, -0.25) is 0 Å². The van der Waals surface area contributed by atoms with Gasteiger partial charge in [-0.05, 0) is 37.5 Å². The summed E-state index contributed by atoms with van der Waals surface area (Å²) in [5.41, 5.74) is 12.8. The summed E-state index contributed by atoms with van der Waals surface area (Å²) < 4.78 is 30.5. The Bertz CT molecular complexity index is 678. The number of benzene rings is 1. The lowest BCUT2D eigenvalue weighted by Gasteiger charge is -2.22. The van der Waals surface area contributed by atoms with E-state index in [1.165, 1.54) is 18.2 Å². The van der Waals surface area contributed by atoms with Crippen LogP contribution >= 0.6 is 0 Å². The molecule has 0 radical (unpaired) electrons. The van der Waals surface area contributed by atoms with Gasteiger partial charge in [0.25, 0.3) is 0 Å². The highest BCUT2D eigenvalue weighted by molar-refractivity contribution is 5.94. The van der Waals surface area contributed by atoms with Crippen LogP contribution in [-0.2, 0) is 9.47 Å². The van der Waals surface area contributed by atoms with Crippen molar-refractivity contribution in [1.82, 2.24) is 0 Å². The molecule has 0 bridgehead atoms. The Labute approximate surface area is 160 Å². The Morgan fingerprint density at radius 3 is 2.74 bits per heavy atom. The van der Waals surface area contributed by atoms with Crippen LogP contribution in [-0.4, -0.2) is 31.9 Å². The molecule has 1 aliphatic rings. The Hall–Kier alpha value is -2.12. The molecule has 6 nitrogen and oxygen atoms in total. The zero-order valence-corrected chi connectivity index (χ0v) is 16.3. The number of nitrogens with two attached hydrogens (primary N) is 2. The molecule has 1 atom stereocenters. The molecule has 27 heavy (non-hydrogen) atoms. The van der Waals surface area contributed by atoms with Crippen LogP contribution in [0.5, 0.6) is 5.75 Å². The Kier molecular flexibility index (Phi) is 7.62. The number of hydrogen-bond acceptors (Lipinski definition) is 5. The van der Waals surface area contributed by atoms with Gasteiger partial charge in [-0.25, -0.2) is 9.38 Å². The molecule has 0 spiro atoms. The number of halogens is 1. The van der Waals surface area contributed by atoms with Crippen molar-refractivity contribution in [1.29, 1.82) is 0 Å². The van der Waals surface area contributed by atoms with Crippen molar-refractivity contribution in [2.45, 2.75) is 46.3 Å². The molecular formula is C20H30FN3O3. The molecule has 1 unspecified atom stereocenters. The number of nitrogens with zero attached hydrogens (tertiary/aromatic N) is 1. The topological polar surface area (TPSA) is 92.1 Å². The summed E-state index contributed by atoms with van der Waals surface area (Å²) in [5, 5.41) is 0. The van der Waals surface area contributed by atoms with Crippen molar-refractivity contribution in [3.63, 3.8) is 0 Å². The lowest BCUT2D eigenvalue weighted by molar-refractivity contribution is -0.165. The normalized spacial score (nSPS) is 19.2. The zero-order chi connectivity index (χ0) is 19.9. The van der Waals surface area contributed by atoms with E-state index in [9.17, 15) is 4.39 Å². The first-order valence-corrected chi connectivity index (χ1v) is 9.23. The maximum absolute atomic E-state index is 14.0. The minimum Gasteiger partial charge on any atom is -0.488 e.